The zero-order valence-corrected chi connectivity index (χ0v) is 6.89. The monoisotopic (exact) mass is 152 g/mol. The maximum atomic E-state index is 7.43. The molecule has 0 unspecified atom stereocenters. The first-order valence-electron chi connectivity index (χ1n) is 5.11. The molecule has 11 heavy (non-hydrogen) atoms. The van der Waals surface area contributed by atoms with Gasteiger partial charge in [0.25, 0.3) is 0 Å². The van der Waals surface area contributed by atoms with Crippen molar-refractivity contribution in [3.8, 4) is 0 Å². The summed E-state index contributed by atoms with van der Waals surface area (Å²) < 4.78 is 22.3. The summed E-state index contributed by atoms with van der Waals surface area (Å²) in [6.07, 6.45) is 0. The summed E-state index contributed by atoms with van der Waals surface area (Å²) in [5.41, 5.74) is 6.14. The van der Waals surface area contributed by atoms with E-state index >= 15 is 0 Å². The second-order valence-electron chi connectivity index (χ2n) is 3.25. The van der Waals surface area contributed by atoms with Crippen LogP contribution in [0.3, 0.4) is 0 Å². The van der Waals surface area contributed by atoms with E-state index in [1.165, 1.54) is 0 Å². The summed E-state index contributed by atoms with van der Waals surface area (Å²) in [7, 11) is 0. The smallest absolute Gasteiger partial charge is 0.0314 e. The molecular formula is C10H15N. The van der Waals surface area contributed by atoms with E-state index in [0.29, 0.717) is 5.69 Å². The van der Waals surface area contributed by atoms with Crippen molar-refractivity contribution in [1.29, 1.82) is 0 Å². The van der Waals surface area contributed by atoms with Crippen LogP contribution >= 0.6 is 0 Å². The summed E-state index contributed by atoms with van der Waals surface area (Å²) >= 11 is 0. The van der Waals surface area contributed by atoms with E-state index in [1.807, 2.05) is 0 Å². The van der Waals surface area contributed by atoms with Gasteiger partial charge in [0.1, 0.15) is 0 Å². The van der Waals surface area contributed by atoms with Crippen LogP contribution in [0.25, 0.3) is 0 Å². The van der Waals surface area contributed by atoms with Crippen LogP contribution in [0.2, 0.25) is 0 Å². The molecule has 1 aromatic rings. The van der Waals surface area contributed by atoms with Gasteiger partial charge in [-0.15, -0.1) is 0 Å². The van der Waals surface area contributed by atoms with Gasteiger partial charge in [0.2, 0.25) is 0 Å². The van der Waals surface area contributed by atoms with Crippen molar-refractivity contribution < 1.29 is 4.11 Å². The van der Waals surface area contributed by atoms with Crippen molar-refractivity contribution in [1.82, 2.24) is 0 Å². The van der Waals surface area contributed by atoms with Crippen molar-refractivity contribution >= 4 is 5.69 Å². The van der Waals surface area contributed by atoms with Crippen LogP contribution < -0.4 is 5.73 Å². The minimum Gasteiger partial charge on any atom is -0.399 e. The quantitative estimate of drug-likeness (QED) is 0.568. The minimum atomic E-state index is -2.00. The first-order valence-corrected chi connectivity index (χ1v) is 3.61. The number of anilines is 1. The van der Waals surface area contributed by atoms with Gasteiger partial charge in [0.15, 0.2) is 0 Å². The molecule has 1 heteroatoms. The average Bonchev–Trinajstić information content (AvgIpc) is 2.03. The largest absolute Gasteiger partial charge is 0.399 e. The highest BCUT2D eigenvalue weighted by Crippen LogP contribution is 2.22. The van der Waals surface area contributed by atoms with Crippen LogP contribution in [0.4, 0.5) is 5.69 Å². The van der Waals surface area contributed by atoms with E-state index in [2.05, 4.69) is 0 Å². The highest BCUT2D eigenvalue weighted by atomic mass is 14.5. The van der Waals surface area contributed by atoms with E-state index in [1.54, 1.807) is 38.1 Å². The average molecular weight is 152 g/mol. The minimum absolute atomic E-state index is 0.648. The van der Waals surface area contributed by atoms with E-state index in [4.69, 9.17) is 9.85 Å². The molecule has 0 aromatic heterocycles. The van der Waals surface area contributed by atoms with Crippen LogP contribution in [-0.2, 0) is 5.41 Å². The summed E-state index contributed by atoms with van der Waals surface area (Å²) in [5, 5.41) is 0. The molecule has 0 amide bonds. The topological polar surface area (TPSA) is 26.0 Å². The van der Waals surface area contributed by atoms with Crippen LogP contribution in [0, 0.1) is 0 Å². The third kappa shape index (κ3) is 1.97. The van der Waals surface area contributed by atoms with E-state index in [9.17, 15) is 0 Å². The highest BCUT2D eigenvalue weighted by Gasteiger charge is 2.11. The van der Waals surface area contributed by atoms with Crippen molar-refractivity contribution in [2.24, 2.45) is 0 Å². The van der Waals surface area contributed by atoms with Gasteiger partial charge in [-0.25, -0.2) is 0 Å². The van der Waals surface area contributed by atoms with Gasteiger partial charge in [-0.3, -0.25) is 0 Å². The molecule has 0 bridgehead atoms. The Kier molecular flexibility index (Phi) is 1.12. The standard InChI is InChI=1S/C10H15N/c1-10(2,3)8-4-6-9(11)7-5-8/h4-7H,11H2,1-3H3/i1D3. The fourth-order valence-corrected chi connectivity index (χ4v) is 0.900. The Morgan fingerprint density at radius 3 is 2.27 bits per heavy atom. The third-order valence-electron chi connectivity index (χ3n) is 1.63. The fraction of sp³-hybridized carbons (Fsp3) is 0.400. The van der Waals surface area contributed by atoms with Gasteiger partial charge in [-0.05, 0) is 23.1 Å². The zero-order chi connectivity index (χ0) is 11.0. The summed E-state index contributed by atoms with van der Waals surface area (Å²) in [6, 6.07) is 6.98. The molecule has 0 heterocycles. The molecule has 0 saturated heterocycles. The van der Waals surface area contributed by atoms with Crippen molar-refractivity contribution in [3.05, 3.63) is 29.8 Å². The van der Waals surface area contributed by atoms with Crippen LogP contribution in [-0.4, -0.2) is 0 Å². The number of hydrogen-bond donors (Lipinski definition) is 1. The normalized spacial score (nSPS) is 16.7. The van der Waals surface area contributed by atoms with Crippen LogP contribution in [0.15, 0.2) is 24.3 Å². The molecule has 1 nitrogen and oxygen atoms in total. The predicted molar refractivity (Wildman–Crippen MR) is 49.6 cm³/mol. The number of nitrogens with two attached hydrogens (primary N) is 1. The van der Waals surface area contributed by atoms with Crippen LogP contribution in [0.5, 0.6) is 0 Å². The molecule has 60 valence electrons. The lowest BCUT2D eigenvalue weighted by molar-refractivity contribution is 0.590. The third-order valence-corrected chi connectivity index (χ3v) is 1.63. The fourth-order valence-electron chi connectivity index (χ4n) is 0.900. The number of benzene rings is 1. The number of nitrogen functional groups attached to an aromatic ring is 1. The molecule has 0 atom stereocenters. The Balaban J connectivity index is 3.10. The summed E-state index contributed by atoms with van der Waals surface area (Å²) in [6.45, 7) is 1.43. The Morgan fingerprint density at radius 2 is 1.82 bits per heavy atom. The van der Waals surface area contributed by atoms with Crippen molar-refractivity contribution in [2.45, 2.75) is 26.1 Å². The maximum Gasteiger partial charge on any atom is 0.0314 e. The molecular weight excluding hydrogens is 134 g/mol. The first kappa shape index (κ1) is 4.81. The van der Waals surface area contributed by atoms with Crippen molar-refractivity contribution in [3.63, 3.8) is 0 Å². The Bertz CT molecular complexity index is 311. The Labute approximate surface area is 72.4 Å². The molecule has 0 radical (unpaired) electrons. The van der Waals surface area contributed by atoms with Crippen molar-refractivity contribution in [2.75, 3.05) is 5.73 Å². The SMILES string of the molecule is [2H]C([2H])([2H])C(C)(C)c1ccc(N)cc1. The molecule has 1 aromatic carbocycles. The lowest BCUT2D eigenvalue weighted by Crippen LogP contribution is -2.10. The number of hydrogen-bond acceptors (Lipinski definition) is 1. The van der Waals surface area contributed by atoms with E-state index in [-0.39, 0.29) is 0 Å². The predicted octanol–water partition coefficient (Wildman–Crippen LogP) is 2.57. The second kappa shape index (κ2) is 2.57. The van der Waals surface area contributed by atoms with Gasteiger partial charge in [-0.1, -0.05) is 32.8 Å². The summed E-state index contributed by atoms with van der Waals surface area (Å²) in [4.78, 5) is 0. The highest BCUT2D eigenvalue weighted by molar-refractivity contribution is 5.40. The van der Waals surface area contributed by atoms with Gasteiger partial charge >= 0.3 is 0 Å². The molecule has 2 N–H and O–H groups in total. The molecule has 0 aliphatic carbocycles. The molecule has 0 aliphatic rings. The molecule has 0 saturated carbocycles. The molecule has 0 fully saturated rings. The van der Waals surface area contributed by atoms with Gasteiger partial charge < -0.3 is 5.73 Å². The number of rotatable bonds is 0. The Hall–Kier alpha value is -0.980. The Morgan fingerprint density at radius 1 is 1.27 bits per heavy atom. The van der Waals surface area contributed by atoms with E-state index in [0.717, 1.165) is 5.56 Å². The molecule has 0 spiro atoms. The summed E-state index contributed by atoms with van der Waals surface area (Å²) in [5.74, 6) is 0. The maximum absolute atomic E-state index is 7.43. The van der Waals surface area contributed by atoms with Crippen LogP contribution in [0.1, 0.15) is 30.4 Å². The second-order valence-corrected chi connectivity index (χ2v) is 3.25. The van der Waals surface area contributed by atoms with Gasteiger partial charge in [0.05, 0.1) is 0 Å². The van der Waals surface area contributed by atoms with Gasteiger partial charge in [0, 0.05) is 9.80 Å². The lowest BCUT2D eigenvalue weighted by Gasteiger charge is -2.18. The molecule has 0 aliphatic heterocycles. The molecule has 1 rings (SSSR count). The zero-order valence-electron chi connectivity index (χ0n) is 9.89. The first-order chi connectivity index (χ1) is 6.25. The van der Waals surface area contributed by atoms with Gasteiger partial charge in [-0.2, -0.15) is 0 Å². The van der Waals surface area contributed by atoms with E-state index < -0.39 is 12.3 Å². The lowest BCUT2D eigenvalue weighted by atomic mass is 9.87.